The molecule has 0 spiro atoms. The number of fused-ring (bicyclic) bond motifs is 3. The molecule has 0 bridgehead atoms. The molecule has 0 N–H and O–H groups in total. The smallest absolute Gasteiger partial charge is 0.0127 e. The van der Waals surface area contributed by atoms with Crippen LogP contribution in [0.1, 0.15) is 103 Å². The average Bonchev–Trinajstić information content (AvgIpc) is 2.80. The molecule has 4 unspecified atom stereocenters. The summed E-state index contributed by atoms with van der Waals surface area (Å²) in [6.07, 6.45) is 24.1. The minimum atomic E-state index is 0.924. The third-order valence-corrected chi connectivity index (χ3v) is 7.16. The highest BCUT2D eigenvalue weighted by Gasteiger charge is 2.45. The fourth-order valence-electron chi connectivity index (χ4n) is 5.95. The van der Waals surface area contributed by atoms with Crippen LogP contribution in [0.2, 0.25) is 0 Å². The lowest BCUT2D eigenvalue weighted by Crippen LogP contribution is -2.34. The first-order valence-electron chi connectivity index (χ1n) is 10.6. The monoisotopic (exact) mass is 305 g/mol. The number of hydrogen-bond acceptors (Lipinski definition) is 1. The summed E-state index contributed by atoms with van der Waals surface area (Å²) < 4.78 is 0. The third kappa shape index (κ3) is 4.08. The summed E-state index contributed by atoms with van der Waals surface area (Å²) in [5.41, 5.74) is 0. The molecule has 22 heavy (non-hydrogen) atoms. The van der Waals surface area contributed by atoms with Gasteiger partial charge in [-0.05, 0) is 44.6 Å². The number of hydrogen-bond donors (Lipinski definition) is 0. The van der Waals surface area contributed by atoms with E-state index in [9.17, 15) is 0 Å². The second-order valence-electron chi connectivity index (χ2n) is 8.53. The van der Waals surface area contributed by atoms with Crippen molar-refractivity contribution in [3.8, 4) is 0 Å². The second kappa shape index (κ2) is 8.71. The van der Waals surface area contributed by atoms with E-state index in [1.165, 1.54) is 103 Å². The van der Waals surface area contributed by atoms with Crippen molar-refractivity contribution >= 4 is 0 Å². The standard InChI is InChI=1S/C21H39N/c1-22-20-16-12-8-4-2-3-6-10-14-18(20)19-15-11-7-5-9-13-17-21(19)22/h18-21H,2-17H2,1H3. The Morgan fingerprint density at radius 3 is 1.18 bits per heavy atom. The lowest BCUT2D eigenvalue weighted by atomic mass is 9.78. The second-order valence-corrected chi connectivity index (χ2v) is 8.53. The van der Waals surface area contributed by atoms with E-state index in [0.717, 1.165) is 23.9 Å². The Morgan fingerprint density at radius 1 is 0.455 bits per heavy atom. The summed E-state index contributed by atoms with van der Waals surface area (Å²) >= 11 is 0. The first kappa shape index (κ1) is 16.8. The SMILES string of the molecule is CN1C2CCCCCCCCCC2C2CCCCCCCC21. The topological polar surface area (TPSA) is 3.24 Å². The zero-order valence-corrected chi connectivity index (χ0v) is 15.1. The van der Waals surface area contributed by atoms with Gasteiger partial charge in [0.25, 0.3) is 0 Å². The molecule has 3 aliphatic rings. The summed E-state index contributed by atoms with van der Waals surface area (Å²) in [7, 11) is 2.49. The van der Waals surface area contributed by atoms with Crippen molar-refractivity contribution in [2.45, 2.75) is 115 Å². The van der Waals surface area contributed by atoms with E-state index in [1.807, 2.05) is 0 Å². The fraction of sp³-hybridized carbons (Fsp3) is 1.00. The van der Waals surface area contributed by atoms with Gasteiger partial charge in [-0.3, -0.25) is 4.90 Å². The van der Waals surface area contributed by atoms with Gasteiger partial charge >= 0.3 is 0 Å². The molecule has 0 aromatic rings. The average molecular weight is 306 g/mol. The van der Waals surface area contributed by atoms with Gasteiger partial charge in [0.05, 0.1) is 0 Å². The van der Waals surface area contributed by atoms with Crippen molar-refractivity contribution in [2.24, 2.45) is 11.8 Å². The van der Waals surface area contributed by atoms with E-state index in [1.54, 1.807) is 0 Å². The van der Waals surface area contributed by atoms with Crippen LogP contribution in [-0.2, 0) is 0 Å². The van der Waals surface area contributed by atoms with Crippen LogP contribution in [0.3, 0.4) is 0 Å². The first-order chi connectivity index (χ1) is 10.9. The zero-order chi connectivity index (χ0) is 15.2. The molecule has 3 rings (SSSR count). The minimum absolute atomic E-state index is 0.924. The van der Waals surface area contributed by atoms with Crippen molar-refractivity contribution < 1.29 is 0 Å². The van der Waals surface area contributed by atoms with E-state index in [0.29, 0.717) is 0 Å². The van der Waals surface area contributed by atoms with Crippen molar-refractivity contribution in [3.63, 3.8) is 0 Å². The maximum Gasteiger partial charge on any atom is 0.0127 e. The molecule has 1 saturated heterocycles. The Balaban J connectivity index is 1.71. The maximum absolute atomic E-state index is 2.87. The maximum atomic E-state index is 2.87. The summed E-state index contributed by atoms with van der Waals surface area (Å²) in [5, 5.41) is 0. The summed E-state index contributed by atoms with van der Waals surface area (Å²) in [6.45, 7) is 0. The van der Waals surface area contributed by atoms with Gasteiger partial charge in [-0.1, -0.05) is 77.0 Å². The Hall–Kier alpha value is -0.0400. The molecule has 0 aromatic carbocycles. The Kier molecular flexibility index (Phi) is 6.65. The van der Waals surface area contributed by atoms with Crippen LogP contribution in [-0.4, -0.2) is 24.0 Å². The number of likely N-dealkylation sites (tertiary alicyclic amines) is 1. The van der Waals surface area contributed by atoms with E-state index >= 15 is 0 Å². The summed E-state index contributed by atoms with van der Waals surface area (Å²) in [5.74, 6) is 2.07. The van der Waals surface area contributed by atoms with Crippen LogP contribution in [0.25, 0.3) is 0 Å². The van der Waals surface area contributed by atoms with Crippen LogP contribution in [0.15, 0.2) is 0 Å². The van der Waals surface area contributed by atoms with Crippen LogP contribution >= 0.6 is 0 Å². The normalized spacial score (nSPS) is 39.7. The largest absolute Gasteiger partial charge is 0.300 e. The minimum Gasteiger partial charge on any atom is -0.300 e. The third-order valence-electron chi connectivity index (χ3n) is 7.16. The van der Waals surface area contributed by atoms with Crippen molar-refractivity contribution in [1.82, 2.24) is 4.90 Å². The van der Waals surface area contributed by atoms with Crippen molar-refractivity contribution in [1.29, 1.82) is 0 Å². The van der Waals surface area contributed by atoms with Gasteiger partial charge in [-0.2, -0.15) is 0 Å². The highest BCUT2D eigenvalue weighted by atomic mass is 15.2. The van der Waals surface area contributed by atoms with Gasteiger partial charge in [0.1, 0.15) is 0 Å². The Morgan fingerprint density at radius 2 is 0.773 bits per heavy atom. The predicted octanol–water partition coefficient (Wildman–Crippen LogP) is 6.17. The molecule has 128 valence electrons. The lowest BCUT2D eigenvalue weighted by Gasteiger charge is -2.28. The van der Waals surface area contributed by atoms with E-state index in [-0.39, 0.29) is 0 Å². The van der Waals surface area contributed by atoms with E-state index in [2.05, 4.69) is 11.9 Å². The molecule has 1 nitrogen and oxygen atoms in total. The molecule has 1 heterocycles. The molecular weight excluding hydrogens is 266 g/mol. The molecule has 1 aliphatic heterocycles. The van der Waals surface area contributed by atoms with Crippen LogP contribution in [0, 0.1) is 11.8 Å². The van der Waals surface area contributed by atoms with Crippen molar-refractivity contribution in [3.05, 3.63) is 0 Å². The molecular formula is C21H39N. The molecule has 0 amide bonds. The molecule has 4 atom stereocenters. The van der Waals surface area contributed by atoms with Gasteiger partial charge in [0, 0.05) is 12.1 Å². The molecule has 0 aromatic heterocycles. The predicted molar refractivity (Wildman–Crippen MR) is 96.2 cm³/mol. The highest BCUT2D eigenvalue weighted by Crippen LogP contribution is 2.45. The Bertz CT molecular complexity index is 313. The molecule has 3 fully saturated rings. The van der Waals surface area contributed by atoms with Gasteiger partial charge in [-0.25, -0.2) is 0 Å². The van der Waals surface area contributed by atoms with Crippen LogP contribution < -0.4 is 0 Å². The highest BCUT2D eigenvalue weighted by molar-refractivity contribution is 4.98. The van der Waals surface area contributed by atoms with Gasteiger partial charge in [0.2, 0.25) is 0 Å². The van der Waals surface area contributed by atoms with Gasteiger partial charge in [-0.15, -0.1) is 0 Å². The zero-order valence-electron chi connectivity index (χ0n) is 15.1. The summed E-state index contributed by atoms with van der Waals surface area (Å²) in [4.78, 5) is 2.87. The fourth-order valence-corrected chi connectivity index (χ4v) is 5.95. The van der Waals surface area contributed by atoms with Crippen LogP contribution in [0.4, 0.5) is 0 Å². The molecule has 0 radical (unpaired) electrons. The summed E-state index contributed by atoms with van der Waals surface area (Å²) in [6, 6.07) is 1.85. The lowest BCUT2D eigenvalue weighted by molar-refractivity contribution is 0.194. The van der Waals surface area contributed by atoms with E-state index < -0.39 is 0 Å². The molecule has 1 heteroatoms. The Labute approximate surface area is 139 Å². The molecule has 2 aliphatic carbocycles. The number of nitrogens with zero attached hydrogens (tertiary/aromatic N) is 1. The van der Waals surface area contributed by atoms with Crippen LogP contribution in [0.5, 0.6) is 0 Å². The van der Waals surface area contributed by atoms with E-state index in [4.69, 9.17) is 0 Å². The molecule has 2 saturated carbocycles. The first-order valence-corrected chi connectivity index (χ1v) is 10.6. The number of rotatable bonds is 0. The van der Waals surface area contributed by atoms with Gasteiger partial charge in [0.15, 0.2) is 0 Å². The van der Waals surface area contributed by atoms with Gasteiger partial charge < -0.3 is 0 Å². The van der Waals surface area contributed by atoms with Crippen molar-refractivity contribution in [2.75, 3.05) is 7.05 Å². The quantitative estimate of drug-likeness (QED) is 0.517.